The van der Waals surface area contributed by atoms with Gasteiger partial charge in [-0.2, -0.15) is 4.31 Å². The number of sulfonamides is 1. The zero-order valence-electron chi connectivity index (χ0n) is 9.97. The number of benzene rings is 1. The molecule has 0 unspecified atom stereocenters. The van der Waals surface area contributed by atoms with Crippen LogP contribution < -0.4 is 5.32 Å². The maximum Gasteiger partial charge on any atom is 0.243 e. The summed E-state index contributed by atoms with van der Waals surface area (Å²) in [6.07, 6.45) is 0. The molecule has 1 fully saturated rings. The quantitative estimate of drug-likeness (QED) is 0.892. The van der Waals surface area contributed by atoms with E-state index in [2.05, 4.69) is 5.32 Å². The summed E-state index contributed by atoms with van der Waals surface area (Å²) >= 11 is 0. The predicted molar refractivity (Wildman–Crippen MR) is 69.9 cm³/mol. The van der Waals surface area contributed by atoms with Gasteiger partial charge in [-0.25, -0.2) is 12.8 Å². The van der Waals surface area contributed by atoms with Gasteiger partial charge < -0.3 is 5.32 Å². The Morgan fingerprint density at radius 2 is 1.94 bits per heavy atom. The molecule has 1 atom stereocenters. The smallest absolute Gasteiger partial charge is 0.243 e. The third-order valence-corrected chi connectivity index (χ3v) is 4.89. The first kappa shape index (κ1) is 15.4. The number of piperazine rings is 1. The van der Waals surface area contributed by atoms with Crippen molar-refractivity contribution in [2.75, 3.05) is 19.6 Å². The molecule has 1 aliphatic heterocycles. The van der Waals surface area contributed by atoms with Crippen LogP contribution in [0.3, 0.4) is 0 Å². The van der Waals surface area contributed by atoms with Crippen molar-refractivity contribution in [3.63, 3.8) is 0 Å². The molecule has 0 saturated carbocycles. The third-order valence-electron chi connectivity index (χ3n) is 2.86. The van der Waals surface area contributed by atoms with Crippen LogP contribution in [0.15, 0.2) is 29.2 Å². The summed E-state index contributed by atoms with van der Waals surface area (Å²) in [6.45, 7) is 3.58. The van der Waals surface area contributed by atoms with E-state index in [1.54, 1.807) is 0 Å². The highest BCUT2D eigenvalue weighted by atomic mass is 35.5. The minimum Gasteiger partial charge on any atom is -0.314 e. The molecule has 1 saturated heterocycles. The van der Waals surface area contributed by atoms with Gasteiger partial charge in [0.2, 0.25) is 10.0 Å². The van der Waals surface area contributed by atoms with Gasteiger partial charge in [-0.15, -0.1) is 12.4 Å². The van der Waals surface area contributed by atoms with E-state index in [1.807, 2.05) is 6.92 Å². The summed E-state index contributed by atoms with van der Waals surface area (Å²) in [5.41, 5.74) is 0. The maximum absolute atomic E-state index is 12.8. The molecule has 102 valence electrons. The Morgan fingerprint density at radius 1 is 1.33 bits per heavy atom. The standard InChI is InChI=1S/C11H15FN2O2S.ClH/c1-9-8-13-6-7-14(9)17(15,16)11-4-2-10(12)3-5-11;/h2-5,9,13H,6-8H2,1H3;1H/t9-;/m0./s1. The first-order valence-electron chi connectivity index (χ1n) is 5.50. The van der Waals surface area contributed by atoms with Crippen LogP contribution in [-0.2, 0) is 10.0 Å². The van der Waals surface area contributed by atoms with E-state index in [1.165, 1.54) is 28.6 Å². The summed E-state index contributed by atoms with van der Waals surface area (Å²) in [7, 11) is -3.50. The second-order valence-electron chi connectivity index (χ2n) is 4.12. The minimum atomic E-state index is -3.50. The van der Waals surface area contributed by atoms with Crippen LogP contribution >= 0.6 is 12.4 Å². The average molecular weight is 295 g/mol. The van der Waals surface area contributed by atoms with E-state index in [-0.39, 0.29) is 23.3 Å². The molecule has 1 aromatic rings. The zero-order chi connectivity index (χ0) is 12.5. The van der Waals surface area contributed by atoms with Crippen LogP contribution in [0.2, 0.25) is 0 Å². The molecule has 0 spiro atoms. The highest BCUT2D eigenvalue weighted by Gasteiger charge is 2.30. The third kappa shape index (κ3) is 3.00. The highest BCUT2D eigenvalue weighted by molar-refractivity contribution is 7.89. The molecule has 0 aliphatic carbocycles. The molecule has 0 aromatic heterocycles. The fourth-order valence-electron chi connectivity index (χ4n) is 1.92. The fourth-order valence-corrected chi connectivity index (χ4v) is 3.55. The van der Waals surface area contributed by atoms with E-state index in [4.69, 9.17) is 0 Å². The van der Waals surface area contributed by atoms with Gasteiger partial charge in [0, 0.05) is 25.7 Å². The lowest BCUT2D eigenvalue weighted by atomic mass is 10.3. The van der Waals surface area contributed by atoms with Crippen molar-refractivity contribution in [3.8, 4) is 0 Å². The average Bonchev–Trinajstić information content (AvgIpc) is 2.30. The Balaban J connectivity index is 0.00000162. The topological polar surface area (TPSA) is 49.4 Å². The molecule has 0 amide bonds. The Labute approximate surface area is 113 Å². The summed E-state index contributed by atoms with van der Waals surface area (Å²) in [6, 6.07) is 4.86. The van der Waals surface area contributed by atoms with Gasteiger partial charge in [-0.05, 0) is 31.2 Å². The number of halogens is 2. The van der Waals surface area contributed by atoms with Crippen LogP contribution in [0, 0.1) is 5.82 Å². The van der Waals surface area contributed by atoms with Crippen molar-refractivity contribution in [3.05, 3.63) is 30.1 Å². The first-order valence-corrected chi connectivity index (χ1v) is 6.94. The van der Waals surface area contributed by atoms with E-state index in [0.29, 0.717) is 19.6 Å². The zero-order valence-corrected chi connectivity index (χ0v) is 11.6. The van der Waals surface area contributed by atoms with Gasteiger partial charge in [0.15, 0.2) is 0 Å². The van der Waals surface area contributed by atoms with Crippen molar-refractivity contribution in [2.24, 2.45) is 0 Å². The molecule has 1 N–H and O–H groups in total. The van der Waals surface area contributed by atoms with Gasteiger partial charge in [0.05, 0.1) is 4.90 Å². The molecule has 2 rings (SSSR count). The maximum atomic E-state index is 12.8. The summed E-state index contributed by atoms with van der Waals surface area (Å²) < 4.78 is 38.8. The molecule has 7 heteroatoms. The lowest BCUT2D eigenvalue weighted by molar-refractivity contribution is 0.284. The summed E-state index contributed by atoms with van der Waals surface area (Å²) in [5, 5.41) is 3.13. The van der Waals surface area contributed by atoms with Crippen LogP contribution in [0.25, 0.3) is 0 Å². The normalized spacial score (nSPS) is 21.3. The highest BCUT2D eigenvalue weighted by Crippen LogP contribution is 2.19. The lowest BCUT2D eigenvalue weighted by Crippen LogP contribution is -2.52. The van der Waals surface area contributed by atoms with Crippen molar-refractivity contribution >= 4 is 22.4 Å². The molecule has 1 aliphatic rings. The van der Waals surface area contributed by atoms with Gasteiger partial charge in [0.1, 0.15) is 5.82 Å². The Hall–Kier alpha value is -0.690. The van der Waals surface area contributed by atoms with Crippen molar-refractivity contribution < 1.29 is 12.8 Å². The van der Waals surface area contributed by atoms with Crippen LogP contribution in [-0.4, -0.2) is 38.4 Å². The second kappa shape index (κ2) is 5.97. The Morgan fingerprint density at radius 3 is 2.50 bits per heavy atom. The molecule has 1 heterocycles. The largest absolute Gasteiger partial charge is 0.314 e. The molecule has 4 nitrogen and oxygen atoms in total. The van der Waals surface area contributed by atoms with Gasteiger partial charge in [-0.1, -0.05) is 0 Å². The van der Waals surface area contributed by atoms with E-state index in [0.717, 1.165) is 0 Å². The Kier molecular flexibility index (Phi) is 5.10. The minimum absolute atomic E-state index is 0. The van der Waals surface area contributed by atoms with Crippen molar-refractivity contribution in [1.29, 1.82) is 0 Å². The number of rotatable bonds is 2. The first-order chi connectivity index (χ1) is 8.01. The molecule has 0 bridgehead atoms. The monoisotopic (exact) mass is 294 g/mol. The van der Waals surface area contributed by atoms with Gasteiger partial charge >= 0.3 is 0 Å². The molecular weight excluding hydrogens is 279 g/mol. The van der Waals surface area contributed by atoms with Crippen molar-refractivity contribution in [1.82, 2.24) is 9.62 Å². The Bertz CT molecular complexity index is 492. The number of nitrogens with one attached hydrogen (secondary N) is 1. The van der Waals surface area contributed by atoms with E-state index in [9.17, 15) is 12.8 Å². The van der Waals surface area contributed by atoms with E-state index >= 15 is 0 Å². The van der Waals surface area contributed by atoms with Crippen LogP contribution in [0.4, 0.5) is 4.39 Å². The van der Waals surface area contributed by atoms with Crippen molar-refractivity contribution in [2.45, 2.75) is 17.9 Å². The second-order valence-corrected chi connectivity index (χ2v) is 6.01. The number of nitrogens with zero attached hydrogens (tertiary/aromatic N) is 1. The summed E-state index contributed by atoms with van der Waals surface area (Å²) in [4.78, 5) is 0.146. The fraction of sp³-hybridized carbons (Fsp3) is 0.455. The van der Waals surface area contributed by atoms with E-state index < -0.39 is 15.8 Å². The molecular formula is C11H16ClFN2O2S. The predicted octanol–water partition coefficient (Wildman–Crippen LogP) is 1.23. The number of hydrogen-bond donors (Lipinski definition) is 1. The molecule has 1 aromatic carbocycles. The number of hydrogen-bond acceptors (Lipinski definition) is 3. The molecule has 0 radical (unpaired) electrons. The van der Waals surface area contributed by atoms with Gasteiger partial charge in [0.25, 0.3) is 0 Å². The lowest BCUT2D eigenvalue weighted by Gasteiger charge is -2.32. The van der Waals surface area contributed by atoms with Gasteiger partial charge in [-0.3, -0.25) is 0 Å². The molecule has 18 heavy (non-hydrogen) atoms. The SMILES string of the molecule is C[C@H]1CNCCN1S(=O)(=O)c1ccc(F)cc1.Cl. The van der Waals surface area contributed by atoms with Crippen LogP contribution in [0.1, 0.15) is 6.92 Å². The van der Waals surface area contributed by atoms with Crippen LogP contribution in [0.5, 0.6) is 0 Å². The summed E-state index contributed by atoms with van der Waals surface area (Å²) in [5.74, 6) is -0.433.